The third kappa shape index (κ3) is 2.04. The van der Waals surface area contributed by atoms with Gasteiger partial charge in [0.05, 0.1) is 17.9 Å². The van der Waals surface area contributed by atoms with Gasteiger partial charge in [0.15, 0.2) is 0 Å². The molecule has 0 saturated carbocycles. The van der Waals surface area contributed by atoms with Gasteiger partial charge < -0.3 is 10.4 Å². The van der Waals surface area contributed by atoms with Crippen molar-refractivity contribution in [2.45, 2.75) is 44.4 Å². The minimum absolute atomic E-state index is 0.291. The minimum Gasteiger partial charge on any atom is -0.392 e. The standard InChI is InChI=1S/C19H23N3O4/c1-3-4-9-22-16(24)13-14(17(22)25)19(21-15(13)10(2)23)11-7-5-6-8-12(11)20-18(19)26/h5-8,10,13-15,21,23H,3-4,9H2,1-2H3,(H,20,26)/t10?,13-,14-,15?,19?/m0/s1. The summed E-state index contributed by atoms with van der Waals surface area (Å²) in [5.41, 5.74) is 0.000255. The minimum atomic E-state index is -1.31. The third-order valence-electron chi connectivity index (χ3n) is 5.90. The van der Waals surface area contributed by atoms with Crippen LogP contribution in [-0.4, -0.2) is 46.4 Å². The molecule has 138 valence electrons. The molecule has 4 rings (SSSR count). The fraction of sp³-hybridized carbons (Fsp3) is 0.526. The molecule has 3 amide bonds. The average Bonchev–Trinajstić information content (AvgIpc) is 3.20. The van der Waals surface area contributed by atoms with Crippen LogP contribution in [0.2, 0.25) is 0 Å². The van der Waals surface area contributed by atoms with E-state index in [0.717, 1.165) is 12.8 Å². The average molecular weight is 357 g/mol. The second-order valence-corrected chi connectivity index (χ2v) is 7.40. The molecular weight excluding hydrogens is 334 g/mol. The molecule has 3 aliphatic heterocycles. The number of unbranched alkanes of at least 4 members (excludes halogenated alkanes) is 1. The van der Waals surface area contributed by atoms with Crippen LogP contribution in [0.5, 0.6) is 0 Å². The Morgan fingerprint density at radius 2 is 1.96 bits per heavy atom. The molecule has 3 N–H and O–H groups in total. The molecule has 0 bridgehead atoms. The quantitative estimate of drug-likeness (QED) is 0.685. The maximum Gasteiger partial charge on any atom is 0.250 e. The summed E-state index contributed by atoms with van der Waals surface area (Å²) in [7, 11) is 0. The number of fused-ring (bicyclic) bond motifs is 4. The van der Waals surface area contributed by atoms with Crippen LogP contribution in [0.4, 0.5) is 5.69 Å². The number of likely N-dealkylation sites (tertiary alicyclic amines) is 1. The van der Waals surface area contributed by atoms with Gasteiger partial charge in [0.25, 0.3) is 0 Å². The number of anilines is 1. The van der Waals surface area contributed by atoms with E-state index in [-0.39, 0.29) is 17.7 Å². The molecule has 7 nitrogen and oxygen atoms in total. The van der Waals surface area contributed by atoms with E-state index in [0.29, 0.717) is 17.8 Å². The molecule has 1 aromatic rings. The Labute approximate surface area is 151 Å². The van der Waals surface area contributed by atoms with Crippen LogP contribution >= 0.6 is 0 Å². The van der Waals surface area contributed by atoms with Gasteiger partial charge in [-0.05, 0) is 19.4 Å². The molecule has 3 heterocycles. The first-order valence-electron chi connectivity index (χ1n) is 9.15. The van der Waals surface area contributed by atoms with Crippen molar-refractivity contribution in [2.75, 3.05) is 11.9 Å². The van der Waals surface area contributed by atoms with Crippen molar-refractivity contribution in [1.82, 2.24) is 10.2 Å². The number of aliphatic hydroxyl groups is 1. The molecule has 0 aromatic heterocycles. The normalized spacial score (nSPS) is 33.6. The van der Waals surface area contributed by atoms with Crippen LogP contribution in [0, 0.1) is 11.8 Å². The highest BCUT2D eigenvalue weighted by molar-refractivity contribution is 6.15. The number of para-hydroxylation sites is 1. The van der Waals surface area contributed by atoms with Crippen LogP contribution in [0.15, 0.2) is 24.3 Å². The van der Waals surface area contributed by atoms with E-state index in [2.05, 4.69) is 10.6 Å². The Morgan fingerprint density at radius 1 is 1.23 bits per heavy atom. The number of nitrogens with zero attached hydrogens (tertiary/aromatic N) is 1. The van der Waals surface area contributed by atoms with Crippen LogP contribution in [0.1, 0.15) is 32.3 Å². The number of rotatable bonds is 4. The number of nitrogens with one attached hydrogen (secondary N) is 2. The zero-order valence-corrected chi connectivity index (χ0v) is 14.9. The molecule has 0 aliphatic carbocycles. The smallest absolute Gasteiger partial charge is 0.250 e. The first-order chi connectivity index (χ1) is 12.4. The van der Waals surface area contributed by atoms with Crippen molar-refractivity contribution in [1.29, 1.82) is 0 Å². The molecule has 1 spiro atoms. The SMILES string of the molecule is CCCCN1C(=O)[C@@H]2C(C(C)O)NC3(C(=O)Nc4ccccc43)[C@@H]2C1=O. The van der Waals surface area contributed by atoms with E-state index in [9.17, 15) is 19.5 Å². The number of carbonyl (C=O) groups is 3. The Kier molecular flexibility index (Phi) is 3.89. The zero-order chi connectivity index (χ0) is 18.6. The summed E-state index contributed by atoms with van der Waals surface area (Å²) in [4.78, 5) is 40.5. The zero-order valence-electron chi connectivity index (χ0n) is 14.9. The summed E-state index contributed by atoms with van der Waals surface area (Å²) in [5, 5.41) is 16.3. The Balaban J connectivity index is 1.85. The molecule has 5 atom stereocenters. The van der Waals surface area contributed by atoms with E-state index < -0.39 is 29.5 Å². The molecule has 2 fully saturated rings. The summed E-state index contributed by atoms with van der Waals surface area (Å²) < 4.78 is 0. The number of amides is 3. The molecule has 7 heteroatoms. The van der Waals surface area contributed by atoms with Crippen molar-refractivity contribution < 1.29 is 19.5 Å². The number of aliphatic hydroxyl groups excluding tert-OH is 1. The van der Waals surface area contributed by atoms with Gasteiger partial charge in [-0.3, -0.25) is 24.6 Å². The fourth-order valence-electron chi connectivity index (χ4n) is 4.70. The highest BCUT2D eigenvalue weighted by Gasteiger charge is 2.70. The second kappa shape index (κ2) is 5.89. The molecular formula is C19H23N3O4. The van der Waals surface area contributed by atoms with Gasteiger partial charge in [0.2, 0.25) is 17.7 Å². The first-order valence-corrected chi connectivity index (χ1v) is 9.15. The van der Waals surface area contributed by atoms with E-state index in [1.54, 1.807) is 19.1 Å². The van der Waals surface area contributed by atoms with E-state index >= 15 is 0 Å². The number of hydrogen-bond donors (Lipinski definition) is 3. The maximum absolute atomic E-state index is 13.2. The van der Waals surface area contributed by atoms with Crippen molar-refractivity contribution in [3.05, 3.63) is 29.8 Å². The number of hydrogen-bond acceptors (Lipinski definition) is 5. The van der Waals surface area contributed by atoms with Crippen molar-refractivity contribution in [2.24, 2.45) is 11.8 Å². The van der Waals surface area contributed by atoms with Gasteiger partial charge in [-0.15, -0.1) is 0 Å². The Bertz CT molecular complexity index is 793. The monoisotopic (exact) mass is 357 g/mol. The van der Waals surface area contributed by atoms with Crippen LogP contribution < -0.4 is 10.6 Å². The lowest BCUT2D eigenvalue weighted by Crippen LogP contribution is -2.54. The predicted octanol–water partition coefficient (Wildman–Crippen LogP) is 0.588. The highest BCUT2D eigenvalue weighted by Crippen LogP contribution is 2.53. The van der Waals surface area contributed by atoms with Crippen LogP contribution in [0.25, 0.3) is 0 Å². The van der Waals surface area contributed by atoms with Gasteiger partial charge >= 0.3 is 0 Å². The lowest BCUT2D eigenvalue weighted by molar-refractivity contribution is -0.143. The maximum atomic E-state index is 13.2. The summed E-state index contributed by atoms with van der Waals surface area (Å²) >= 11 is 0. The number of imide groups is 1. The topological polar surface area (TPSA) is 98.7 Å². The molecule has 3 aliphatic rings. The van der Waals surface area contributed by atoms with Gasteiger partial charge in [0.1, 0.15) is 5.54 Å². The number of carbonyl (C=O) groups excluding carboxylic acids is 3. The molecule has 0 radical (unpaired) electrons. The lowest BCUT2D eigenvalue weighted by atomic mass is 9.76. The van der Waals surface area contributed by atoms with Crippen molar-refractivity contribution >= 4 is 23.4 Å². The third-order valence-corrected chi connectivity index (χ3v) is 5.90. The van der Waals surface area contributed by atoms with E-state index in [4.69, 9.17) is 0 Å². The van der Waals surface area contributed by atoms with Crippen molar-refractivity contribution in [3.8, 4) is 0 Å². The first kappa shape index (κ1) is 17.2. The summed E-state index contributed by atoms with van der Waals surface area (Å²) in [6.07, 6.45) is 0.712. The summed E-state index contributed by atoms with van der Waals surface area (Å²) in [6, 6.07) is 6.55. The predicted molar refractivity (Wildman–Crippen MR) is 94.0 cm³/mol. The summed E-state index contributed by atoms with van der Waals surface area (Å²) in [5.74, 6) is -2.53. The largest absolute Gasteiger partial charge is 0.392 e. The molecule has 3 unspecified atom stereocenters. The van der Waals surface area contributed by atoms with Gasteiger partial charge in [-0.25, -0.2) is 0 Å². The van der Waals surface area contributed by atoms with Crippen molar-refractivity contribution in [3.63, 3.8) is 0 Å². The fourth-order valence-corrected chi connectivity index (χ4v) is 4.70. The Morgan fingerprint density at radius 3 is 2.65 bits per heavy atom. The molecule has 26 heavy (non-hydrogen) atoms. The van der Waals surface area contributed by atoms with Gasteiger partial charge in [-0.2, -0.15) is 0 Å². The van der Waals surface area contributed by atoms with E-state index in [1.807, 2.05) is 19.1 Å². The van der Waals surface area contributed by atoms with Crippen LogP contribution in [0.3, 0.4) is 0 Å². The Hall–Kier alpha value is -2.25. The highest BCUT2D eigenvalue weighted by atomic mass is 16.3. The number of benzene rings is 1. The van der Waals surface area contributed by atoms with E-state index in [1.165, 1.54) is 4.90 Å². The molecule has 1 aromatic carbocycles. The van der Waals surface area contributed by atoms with Crippen LogP contribution in [-0.2, 0) is 19.9 Å². The van der Waals surface area contributed by atoms with Gasteiger partial charge in [0, 0.05) is 23.8 Å². The second-order valence-electron chi connectivity index (χ2n) is 7.40. The lowest BCUT2D eigenvalue weighted by Gasteiger charge is -2.30. The van der Waals surface area contributed by atoms with Gasteiger partial charge in [-0.1, -0.05) is 31.5 Å². The molecule has 2 saturated heterocycles. The summed E-state index contributed by atoms with van der Waals surface area (Å²) in [6.45, 7) is 3.93.